The van der Waals surface area contributed by atoms with Crippen molar-refractivity contribution in [2.75, 3.05) is 7.11 Å². The zero-order chi connectivity index (χ0) is 20.5. The molecule has 1 saturated carbocycles. The minimum absolute atomic E-state index is 0.115. The number of thiocarbonyl (C=S) groups is 1. The molecule has 2 aromatic rings. The van der Waals surface area contributed by atoms with E-state index in [2.05, 4.69) is 5.32 Å². The van der Waals surface area contributed by atoms with Crippen LogP contribution in [-0.4, -0.2) is 29.1 Å². The second kappa shape index (κ2) is 8.22. The maximum absolute atomic E-state index is 12.7. The van der Waals surface area contributed by atoms with Crippen LogP contribution in [0.25, 0.3) is 6.08 Å². The maximum atomic E-state index is 12.7. The zero-order valence-electron chi connectivity index (χ0n) is 15.6. The first-order chi connectivity index (χ1) is 14.0. The molecular weight excluding hydrogens is 431 g/mol. The molecule has 0 spiro atoms. The lowest BCUT2D eigenvalue weighted by molar-refractivity contribution is -0.122. The minimum atomic E-state index is -0.115. The van der Waals surface area contributed by atoms with Gasteiger partial charge in [0.05, 0.1) is 17.2 Å². The number of ether oxygens (including phenoxy) is 2. The summed E-state index contributed by atoms with van der Waals surface area (Å²) in [6.45, 7) is 0.265. The molecule has 2 aromatic carbocycles. The number of nitrogens with one attached hydrogen (secondary N) is 1. The van der Waals surface area contributed by atoms with Crippen LogP contribution in [-0.2, 0) is 11.4 Å². The molecule has 1 aliphatic carbocycles. The molecule has 2 aliphatic rings. The van der Waals surface area contributed by atoms with Gasteiger partial charge in [-0.15, -0.1) is 0 Å². The quantitative estimate of drug-likeness (QED) is 0.507. The molecule has 0 unspecified atom stereocenters. The van der Waals surface area contributed by atoms with Gasteiger partial charge in [0, 0.05) is 11.6 Å². The normalized spacial score (nSPS) is 17.6. The second-order valence-corrected chi connectivity index (χ2v) is 8.01. The molecule has 0 radical (unpaired) electrons. The van der Waals surface area contributed by atoms with E-state index in [-0.39, 0.29) is 18.6 Å². The van der Waals surface area contributed by atoms with Crippen molar-refractivity contribution in [1.29, 1.82) is 0 Å². The molecule has 1 saturated heterocycles. The molecule has 29 heavy (non-hydrogen) atoms. The Labute approximate surface area is 184 Å². The molecule has 0 bridgehead atoms. The summed E-state index contributed by atoms with van der Waals surface area (Å²) in [6, 6.07) is 11.0. The first kappa shape index (κ1) is 20.0. The van der Waals surface area contributed by atoms with E-state index in [1.54, 1.807) is 36.3 Å². The van der Waals surface area contributed by atoms with E-state index in [4.69, 9.17) is 44.9 Å². The number of carbonyl (C=O) groups is 1. The van der Waals surface area contributed by atoms with Crippen LogP contribution in [0.4, 0.5) is 0 Å². The van der Waals surface area contributed by atoms with Crippen LogP contribution in [0.5, 0.6) is 11.5 Å². The lowest BCUT2D eigenvalue weighted by Gasteiger charge is -2.14. The standard InChI is InChI=1S/C21H18Cl2N2O3S/c1-27-18-4-2-3-13(10-17-20(26)25(14-6-7-14)21(29)24-17)19(18)28-11-12-5-8-15(22)16(23)9-12/h2-5,8-10,14H,6-7,11H2,1H3,(H,24,29)/b17-10+. The SMILES string of the molecule is COc1cccc(/C=C2/NC(=S)N(C3CC3)C2=O)c1OCc1ccc(Cl)c(Cl)c1. The van der Waals surface area contributed by atoms with Crippen LogP contribution in [0.1, 0.15) is 24.0 Å². The van der Waals surface area contributed by atoms with E-state index in [1.807, 2.05) is 18.2 Å². The molecule has 4 rings (SSSR count). The smallest absolute Gasteiger partial charge is 0.276 e. The topological polar surface area (TPSA) is 50.8 Å². The summed E-state index contributed by atoms with van der Waals surface area (Å²) in [5, 5.41) is 4.41. The average molecular weight is 449 g/mol. The molecule has 150 valence electrons. The number of amides is 1. The van der Waals surface area contributed by atoms with Crippen LogP contribution in [0, 0.1) is 0 Å². The molecular formula is C21H18Cl2N2O3S. The molecule has 0 aromatic heterocycles. The molecule has 8 heteroatoms. The minimum Gasteiger partial charge on any atom is -0.493 e. The second-order valence-electron chi connectivity index (χ2n) is 6.81. The Hall–Kier alpha value is -2.28. The number of para-hydroxylation sites is 1. The molecule has 1 N–H and O–H groups in total. The molecule has 0 atom stereocenters. The van der Waals surface area contributed by atoms with Gasteiger partial charge < -0.3 is 14.8 Å². The van der Waals surface area contributed by atoms with Crippen molar-refractivity contribution in [2.24, 2.45) is 0 Å². The van der Waals surface area contributed by atoms with Gasteiger partial charge in [-0.25, -0.2) is 0 Å². The van der Waals surface area contributed by atoms with E-state index in [9.17, 15) is 4.79 Å². The molecule has 5 nitrogen and oxygen atoms in total. The van der Waals surface area contributed by atoms with Crippen LogP contribution in [0.2, 0.25) is 10.0 Å². The van der Waals surface area contributed by atoms with Gasteiger partial charge in [-0.3, -0.25) is 9.69 Å². The fraction of sp³-hybridized carbons (Fsp3) is 0.238. The Kier molecular flexibility index (Phi) is 5.67. The predicted molar refractivity (Wildman–Crippen MR) is 117 cm³/mol. The van der Waals surface area contributed by atoms with Crippen molar-refractivity contribution >= 4 is 52.5 Å². The highest BCUT2D eigenvalue weighted by atomic mass is 35.5. The number of rotatable bonds is 6. The Bertz CT molecular complexity index is 1020. The van der Waals surface area contributed by atoms with Crippen molar-refractivity contribution in [1.82, 2.24) is 10.2 Å². The Balaban J connectivity index is 1.61. The lowest BCUT2D eigenvalue weighted by atomic mass is 10.1. The lowest BCUT2D eigenvalue weighted by Crippen LogP contribution is -2.32. The van der Waals surface area contributed by atoms with Gasteiger partial charge >= 0.3 is 0 Å². The fourth-order valence-electron chi connectivity index (χ4n) is 3.12. The van der Waals surface area contributed by atoms with Crippen molar-refractivity contribution < 1.29 is 14.3 Å². The average Bonchev–Trinajstić information content (AvgIpc) is 3.49. The summed E-state index contributed by atoms with van der Waals surface area (Å²) in [5.74, 6) is 0.973. The van der Waals surface area contributed by atoms with Crippen LogP contribution < -0.4 is 14.8 Å². The summed E-state index contributed by atoms with van der Waals surface area (Å²) >= 11 is 17.4. The first-order valence-electron chi connectivity index (χ1n) is 9.08. The highest BCUT2D eigenvalue weighted by Crippen LogP contribution is 2.35. The number of carbonyl (C=O) groups excluding carboxylic acids is 1. The van der Waals surface area contributed by atoms with Gasteiger partial charge in [0.25, 0.3) is 5.91 Å². The van der Waals surface area contributed by atoms with Crippen molar-refractivity contribution in [3.63, 3.8) is 0 Å². The number of nitrogens with zero attached hydrogens (tertiary/aromatic N) is 1. The van der Waals surface area contributed by atoms with Crippen LogP contribution >= 0.6 is 35.4 Å². The van der Waals surface area contributed by atoms with Crippen molar-refractivity contribution in [3.8, 4) is 11.5 Å². The Morgan fingerprint density at radius 3 is 2.72 bits per heavy atom. The largest absolute Gasteiger partial charge is 0.493 e. The van der Waals surface area contributed by atoms with E-state index in [0.29, 0.717) is 37.9 Å². The van der Waals surface area contributed by atoms with E-state index >= 15 is 0 Å². The zero-order valence-corrected chi connectivity index (χ0v) is 17.9. The van der Waals surface area contributed by atoms with Gasteiger partial charge in [0.2, 0.25) is 0 Å². The van der Waals surface area contributed by atoms with Crippen molar-refractivity contribution in [3.05, 3.63) is 63.3 Å². The third-order valence-corrected chi connectivity index (χ3v) is 5.76. The Morgan fingerprint density at radius 1 is 1.24 bits per heavy atom. The molecule has 1 amide bonds. The molecule has 2 fully saturated rings. The number of benzene rings is 2. The highest BCUT2D eigenvalue weighted by molar-refractivity contribution is 7.80. The van der Waals surface area contributed by atoms with Gasteiger partial charge in [0.1, 0.15) is 12.3 Å². The monoisotopic (exact) mass is 448 g/mol. The van der Waals surface area contributed by atoms with Crippen molar-refractivity contribution in [2.45, 2.75) is 25.5 Å². The van der Waals surface area contributed by atoms with Gasteiger partial charge in [0.15, 0.2) is 16.6 Å². The third-order valence-electron chi connectivity index (χ3n) is 4.72. The summed E-state index contributed by atoms with van der Waals surface area (Å²) in [5.41, 5.74) is 2.00. The first-order valence-corrected chi connectivity index (χ1v) is 10.2. The van der Waals surface area contributed by atoms with Gasteiger partial charge in [-0.1, -0.05) is 41.4 Å². The number of hydrogen-bond donors (Lipinski definition) is 1. The van der Waals surface area contributed by atoms with Crippen LogP contribution in [0.3, 0.4) is 0 Å². The highest BCUT2D eigenvalue weighted by Gasteiger charge is 2.41. The summed E-state index contributed by atoms with van der Waals surface area (Å²) in [6.07, 6.45) is 3.71. The maximum Gasteiger partial charge on any atom is 0.276 e. The van der Waals surface area contributed by atoms with Gasteiger partial charge in [-0.05, 0) is 54.9 Å². The van der Waals surface area contributed by atoms with E-state index in [1.165, 1.54) is 0 Å². The molecule has 1 heterocycles. The summed E-state index contributed by atoms with van der Waals surface area (Å²) in [7, 11) is 1.57. The summed E-state index contributed by atoms with van der Waals surface area (Å²) < 4.78 is 11.5. The number of halogens is 2. The number of hydrogen-bond acceptors (Lipinski definition) is 4. The van der Waals surface area contributed by atoms with Gasteiger partial charge in [-0.2, -0.15) is 0 Å². The Morgan fingerprint density at radius 2 is 2.03 bits per heavy atom. The number of methoxy groups -OCH3 is 1. The van der Waals surface area contributed by atoms with E-state index < -0.39 is 0 Å². The molecule has 1 aliphatic heterocycles. The van der Waals surface area contributed by atoms with Crippen LogP contribution in [0.15, 0.2) is 42.1 Å². The third kappa shape index (κ3) is 4.20. The summed E-state index contributed by atoms with van der Waals surface area (Å²) in [4.78, 5) is 14.4. The fourth-order valence-corrected chi connectivity index (χ4v) is 3.78. The predicted octanol–water partition coefficient (Wildman–Crippen LogP) is 4.80. The van der Waals surface area contributed by atoms with E-state index in [0.717, 1.165) is 18.4 Å².